The molecule has 2 unspecified atom stereocenters. The van der Waals surface area contributed by atoms with E-state index in [0.29, 0.717) is 29.9 Å². The van der Waals surface area contributed by atoms with Gasteiger partial charge in [-0.3, -0.25) is 4.98 Å². The highest BCUT2D eigenvalue weighted by Crippen LogP contribution is 2.38. The lowest BCUT2D eigenvalue weighted by Gasteiger charge is -2.41. The van der Waals surface area contributed by atoms with Crippen molar-refractivity contribution in [1.82, 2.24) is 20.3 Å². The summed E-state index contributed by atoms with van der Waals surface area (Å²) in [5, 5.41) is 25.8. The Labute approximate surface area is 195 Å². The number of nitrogens with zero attached hydrogens (tertiary/aromatic N) is 4. The van der Waals surface area contributed by atoms with Gasteiger partial charge in [-0.25, -0.2) is 4.39 Å². The van der Waals surface area contributed by atoms with Crippen LogP contribution in [0.2, 0.25) is 0 Å². The third-order valence-electron chi connectivity index (χ3n) is 6.95. The maximum absolute atomic E-state index is 16.0. The maximum Gasteiger partial charge on any atom is 0.318 e. The Morgan fingerprint density at radius 2 is 2.09 bits per heavy atom. The molecule has 2 saturated heterocycles. The van der Waals surface area contributed by atoms with Gasteiger partial charge >= 0.3 is 6.01 Å². The molecule has 0 saturated carbocycles. The number of aromatic nitrogens is 3. The lowest BCUT2D eigenvalue weighted by atomic mass is 9.98. The second-order valence-electron chi connectivity index (χ2n) is 9.13. The third kappa shape index (κ3) is 3.23. The number of halogens is 1. The van der Waals surface area contributed by atoms with Crippen LogP contribution < -0.4 is 15.0 Å². The highest BCUT2D eigenvalue weighted by Gasteiger charge is 2.45. The van der Waals surface area contributed by atoms with Gasteiger partial charge in [0, 0.05) is 30.9 Å². The molecular formula is C25H24FN5O3. The van der Waals surface area contributed by atoms with Crippen LogP contribution in [0.25, 0.3) is 32.9 Å². The summed E-state index contributed by atoms with van der Waals surface area (Å²) in [5.74, 6) is -0.0430. The van der Waals surface area contributed by atoms with E-state index < -0.39 is 11.4 Å². The Morgan fingerprint density at radius 1 is 1.24 bits per heavy atom. The number of hydrogen-bond acceptors (Lipinski definition) is 8. The molecule has 174 valence electrons. The zero-order valence-electron chi connectivity index (χ0n) is 18.6. The average molecular weight is 461 g/mol. The van der Waals surface area contributed by atoms with Gasteiger partial charge in [0.25, 0.3) is 0 Å². The van der Waals surface area contributed by atoms with Crippen LogP contribution in [0, 0.1) is 5.82 Å². The maximum atomic E-state index is 16.0. The van der Waals surface area contributed by atoms with Crippen molar-refractivity contribution in [2.75, 3.05) is 31.7 Å². The number of phenolic OH excluding ortho intramolecular Hbond substituents is 1. The second kappa shape index (κ2) is 7.75. The number of nitrogens with one attached hydrogen (secondary N) is 1. The molecule has 0 amide bonds. The Hall–Kier alpha value is -3.56. The van der Waals surface area contributed by atoms with Gasteiger partial charge in [0.1, 0.15) is 22.8 Å². The van der Waals surface area contributed by atoms with Gasteiger partial charge in [0.2, 0.25) is 0 Å². The zero-order valence-corrected chi connectivity index (χ0v) is 18.6. The Morgan fingerprint density at radius 3 is 2.91 bits per heavy atom. The van der Waals surface area contributed by atoms with Crippen molar-refractivity contribution >= 4 is 27.5 Å². The first-order chi connectivity index (χ1) is 16.5. The summed E-state index contributed by atoms with van der Waals surface area (Å²) >= 11 is 0. The highest BCUT2D eigenvalue weighted by atomic mass is 19.1. The summed E-state index contributed by atoms with van der Waals surface area (Å²) in [6, 6.07) is 10.9. The summed E-state index contributed by atoms with van der Waals surface area (Å²) < 4.78 is 21.3. The Bertz CT molecular complexity index is 1430. The van der Waals surface area contributed by atoms with E-state index in [1.165, 1.54) is 13.2 Å². The monoisotopic (exact) mass is 461 g/mol. The number of benzene rings is 2. The van der Waals surface area contributed by atoms with Gasteiger partial charge in [-0.15, -0.1) is 0 Å². The van der Waals surface area contributed by atoms with Crippen molar-refractivity contribution in [3.63, 3.8) is 0 Å². The number of aromatic hydroxyl groups is 1. The summed E-state index contributed by atoms with van der Waals surface area (Å²) in [4.78, 5) is 15.4. The quantitative estimate of drug-likeness (QED) is 0.426. The second-order valence-corrected chi connectivity index (χ2v) is 9.13. The number of piperazine rings is 1. The first kappa shape index (κ1) is 21.0. The van der Waals surface area contributed by atoms with Crippen molar-refractivity contribution in [2.45, 2.75) is 24.4 Å². The lowest BCUT2D eigenvalue weighted by Crippen LogP contribution is -2.61. The van der Waals surface area contributed by atoms with E-state index in [1.54, 1.807) is 12.3 Å². The predicted molar refractivity (Wildman–Crippen MR) is 127 cm³/mol. The number of fused-ring (bicyclic) bond motifs is 4. The number of ether oxygens (including phenoxy) is 1. The third-order valence-corrected chi connectivity index (χ3v) is 6.95. The Balaban J connectivity index is 1.54. The molecule has 3 N–H and O–H groups in total. The SMILES string of the molecule is COc1nc(N2CC3CCC(CO)(C2)N3)c2cnc(-c3cc(O)cc4ccccc34)c(F)c2n1. The Kier molecular flexibility index (Phi) is 4.79. The molecule has 2 aromatic carbocycles. The topological polar surface area (TPSA) is 104 Å². The fraction of sp³-hybridized carbons (Fsp3) is 0.320. The summed E-state index contributed by atoms with van der Waals surface area (Å²) in [7, 11) is 1.45. The lowest BCUT2D eigenvalue weighted by molar-refractivity contribution is 0.166. The molecule has 9 heteroatoms. The van der Waals surface area contributed by atoms with Crippen LogP contribution in [-0.2, 0) is 0 Å². The first-order valence-electron chi connectivity index (χ1n) is 11.3. The number of hydrogen-bond donors (Lipinski definition) is 3. The molecule has 4 heterocycles. The van der Waals surface area contributed by atoms with Gasteiger partial charge in [-0.05, 0) is 35.7 Å². The van der Waals surface area contributed by atoms with Crippen molar-refractivity contribution in [1.29, 1.82) is 0 Å². The summed E-state index contributed by atoms with van der Waals surface area (Å²) in [5.41, 5.74) is 0.273. The molecule has 2 fully saturated rings. The number of phenols is 1. The van der Waals surface area contributed by atoms with E-state index >= 15 is 4.39 Å². The van der Waals surface area contributed by atoms with Crippen LogP contribution >= 0.6 is 0 Å². The van der Waals surface area contributed by atoms with E-state index in [0.717, 1.165) is 23.6 Å². The average Bonchev–Trinajstić information content (AvgIpc) is 3.17. The minimum absolute atomic E-state index is 0.0154. The molecule has 0 radical (unpaired) electrons. The molecule has 2 bridgehead atoms. The minimum atomic E-state index is -0.606. The van der Waals surface area contributed by atoms with Crippen LogP contribution in [-0.4, -0.2) is 63.6 Å². The molecule has 2 aliphatic rings. The molecule has 34 heavy (non-hydrogen) atoms. The molecule has 2 aliphatic heterocycles. The van der Waals surface area contributed by atoms with Crippen LogP contribution in [0.1, 0.15) is 12.8 Å². The van der Waals surface area contributed by atoms with E-state index in [-0.39, 0.29) is 35.6 Å². The number of pyridine rings is 1. The van der Waals surface area contributed by atoms with Gasteiger partial charge in [0.15, 0.2) is 5.82 Å². The number of aliphatic hydroxyl groups excluding tert-OH is 1. The largest absolute Gasteiger partial charge is 0.508 e. The van der Waals surface area contributed by atoms with Crippen LogP contribution in [0.4, 0.5) is 10.2 Å². The van der Waals surface area contributed by atoms with E-state index in [9.17, 15) is 10.2 Å². The van der Waals surface area contributed by atoms with Crippen molar-refractivity contribution in [2.24, 2.45) is 0 Å². The molecule has 2 aromatic heterocycles. The molecular weight excluding hydrogens is 437 g/mol. The normalized spacial score (nSPS) is 22.0. The highest BCUT2D eigenvalue weighted by molar-refractivity contribution is 5.99. The van der Waals surface area contributed by atoms with Crippen LogP contribution in [0.15, 0.2) is 42.6 Å². The smallest absolute Gasteiger partial charge is 0.318 e. The molecule has 6 rings (SSSR count). The van der Waals surface area contributed by atoms with E-state index in [4.69, 9.17) is 4.74 Å². The number of methoxy groups -OCH3 is 1. The van der Waals surface area contributed by atoms with Crippen molar-refractivity contribution < 1.29 is 19.3 Å². The molecule has 2 atom stereocenters. The van der Waals surface area contributed by atoms with E-state index in [2.05, 4.69) is 25.2 Å². The van der Waals surface area contributed by atoms with Crippen LogP contribution in [0.3, 0.4) is 0 Å². The van der Waals surface area contributed by atoms with Gasteiger partial charge in [-0.1, -0.05) is 24.3 Å². The van der Waals surface area contributed by atoms with Gasteiger partial charge in [0.05, 0.1) is 24.6 Å². The van der Waals surface area contributed by atoms with Crippen molar-refractivity contribution in [3.8, 4) is 23.0 Å². The summed E-state index contributed by atoms with van der Waals surface area (Å²) in [6.07, 6.45) is 3.40. The molecule has 4 aromatic rings. The molecule has 0 aliphatic carbocycles. The standard InChI is InChI=1S/C25H24FN5O3/c1-34-24-28-22-19(23(29-24)31-11-15-6-7-25(12-31,13-32)30-15)10-27-21(20(22)26)18-9-16(33)8-14-4-2-3-5-17(14)18/h2-5,8-10,15,30,32-33H,6-7,11-13H2,1H3. The predicted octanol–water partition coefficient (Wildman–Crippen LogP) is 3.00. The first-order valence-corrected chi connectivity index (χ1v) is 11.3. The minimum Gasteiger partial charge on any atom is -0.508 e. The number of rotatable bonds is 4. The fourth-order valence-corrected chi connectivity index (χ4v) is 5.35. The number of aliphatic hydroxyl groups is 1. The van der Waals surface area contributed by atoms with Crippen LogP contribution in [0.5, 0.6) is 11.8 Å². The zero-order chi connectivity index (χ0) is 23.4. The molecule has 8 nitrogen and oxygen atoms in total. The van der Waals surface area contributed by atoms with E-state index in [1.807, 2.05) is 24.3 Å². The fourth-order valence-electron chi connectivity index (χ4n) is 5.35. The van der Waals surface area contributed by atoms with Gasteiger partial charge < -0.3 is 25.2 Å². The van der Waals surface area contributed by atoms with Crippen molar-refractivity contribution in [3.05, 3.63) is 48.4 Å². The summed E-state index contributed by atoms with van der Waals surface area (Å²) in [6.45, 7) is 1.23. The van der Waals surface area contributed by atoms with Gasteiger partial charge in [-0.2, -0.15) is 9.97 Å². The number of anilines is 1. The molecule has 0 spiro atoms.